The zero-order valence-corrected chi connectivity index (χ0v) is 73.6. The highest BCUT2D eigenvalue weighted by Crippen LogP contribution is 2.44. The van der Waals surface area contributed by atoms with E-state index in [0.717, 1.165) is 144 Å². The van der Waals surface area contributed by atoms with E-state index in [2.05, 4.69) is 428 Å². The lowest BCUT2D eigenvalue weighted by Crippen LogP contribution is -2.06. The molecule has 18 aromatic carbocycles. The molecule has 10 aromatic heterocycles. The number of benzene rings is 18. The Morgan fingerprint density at radius 1 is 0.140 bits per heavy atom. The molecular weight excluding hydrogens is 1660 g/mol. The molecule has 12 heteroatoms. The molecule has 0 aliphatic rings. The number of nitrogens with zero attached hydrogens (tertiary/aromatic N) is 12. The van der Waals surface area contributed by atoms with Gasteiger partial charge in [0.05, 0.1) is 49.7 Å². The third kappa shape index (κ3) is 13.4. The van der Waals surface area contributed by atoms with Crippen LogP contribution in [0.3, 0.4) is 0 Å². The van der Waals surface area contributed by atoms with Crippen LogP contribution in [0.4, 0.5) is 0 Å². The van der Waals surface area contributed by atoms with E-state index in [-0.39, 0.29) is 0 Å². The van der Waals surface area contributed by atoms with Gasteiger partial charge in [-0.3, -0.25) is 18.3 Å². The van der Waals surface area contributed by atoms with Crippen LogP contribution in [0.1, 0.15) is 0 Å². The van der Waals surface area contributed by atoms with Gasteiger partial charge in [0, 0.05) is 139 Å². The number of para-hydroxylation sites is 9. The summed E-state index contributed by atoms with van der Waals surface area (Å²) in [4.78, 5) is 30.4. The van der Waals surface area contributed by atoms with Gasteiger partial charge in [0.15, 0.2) is 11.6 Å². The largest absolute Gasteiger partial charge is 0.309 e. The molecule has 0 aliphatic heterocycles. The molecule has 28 rings (SSSR count). The summed E-state index contributed by atoms with van der Waals surface area (Å²) in [6.07, 6.45) is 6.02. The quantitative estimate of drug-likeness (QED) is 0.121. The van der Waals surface area contributed by atoms with E-state index in [1.807, 2.05) is 85.3 Å². The number of rotatable bonds is 12. The van der Waals surface area contributed by atoms with Crippen LogP contribution in [-0.4, -0.2) is 57.3 Å². The zero-order valence-electron chi connectivity index (χ0n) is 73.6. The summed E-state index contributed by atoms with van der Waals surface area (Å²) >= 11 is 0. The van der Waals surface area contributed by atoms with Crippen molar-refractivity contribution in [2.24, 2.45) is 0 Å². The Hall–Kier alpha value is -18.5. The molecule has 0 saturated carbocycles. The van der Waals surface area contributed by atoms with Crippen LogP contribution in [0.25, 0.3) is 244 Å². The van der Waals surface area contributed by atoms with Gasteiger partial charge in [-0.15, -0.1) is 0 Å². The number of hydrogen-bond donors (Lipinski definition) is 0. The Bertz CT molecular complexity index is 9470. The van der Waals surface area contributed by atoms with Crippen molar-refractivity contribution in [2.45, 2.75) is 0 Å². The molecule has 0 atom stereocenters. The Kier molecular flexibility index (Phi) is 19.0. The molecule has 0 radical (unpaired) electrons. The monoisotopic (exact) mass is 1740 g/mol. The number of fused-ring (bicyclic) bond motifs is 19. The molecule has 0 N–H and O–H groups in total. The molecule has 0 aliphatic carbocycles. The third-order valence-corrected chi connectivity index (χ3v) is 26.7. The Morgan fingerprint density at radius 2 is 0.404 bits per heavy atom. The van der Waals surface area contributed by atoms with Gasteiger partial charge < -0.3 is 9.13 Å². The Morgan fingerprint density at radius 3 is 0.787 bits per heavy atom. The second kappa shape index (κ2) is 32.8. The van der Waals surface area contributed by atoms with E-state index in [1.165, 1.54) is 81.7 Å². The fraction of sp³-hybridized carbons (Fsp3) is 0. The lowest BCUT2D eigenvalue weighted by atomic mass is 10.0. The van der Waals surface area contributed by atoms with Crippen LogP contribution in [-0.2, 0) is 0 Å². The van der Waals surface area contributed by atoms with Crippen molar-refractivity contribution in [1.82, 2.24) is 57.3 Å². The smallest absolute Gasteiger partial charge is 0.238 e. The van der Waals surface area contributed by atoms with Gasteiger partial charge in [0.1, 0.15) is 16.9 Å². The van der Waals surface area contributed by atoms with Gasteiger partial charge in [0.25, 0.3) is 0 Å². The van der Waals surface area contributed by atoms with Gasteiger partial charge in [-0.25, -0.2) is 19.9 Å². The third-order valence-electron chi connectivity index (χ3n) is 26.7. The number of pyridine rings is 3. The average molecular weight is 1740 g/mol. The maximum Gasteiger partial charge on any atom is 0.238 e. The topological polar surface area (TPSA) is 107 Å². The van der Waals surface area contributed by atoms with Gasteiger partial charge in [0.2, 0.25) is 5.95 Å². The minimum atomic E-state index is 0.570. The molecule has 0 bridgehead atoms. The molecule has 0 saturated heterocycles. The predicted molar refractivity (Wildman–Crippen MR) is 562 cm³/mol. The molecule has 0 spiro atoms. The molecule has 0 fully saturated rings. The summed E-state index contributed by atoms with van der Waals surface area (Å²) in [7, 11) is 0. The summed E-state index contributed by atoms with van der Waals surface area (Å²) in [6.45, 7) is 0. The van der Waals surface area contributed by atoms with Crippen molar-refractivity contribution in [2.75, 3.05) is 0 Å². The summed E-state index contributed by atoms with van der Waals surface area (Å²) in [5.74, 6) is 1.82. The Labute approximate surface area is 781 Å². The first-order chi connectivity index (χ1) is 67.5. The van der Waals surface area contributed by atoms with E-state index >= 15 is 0 Å². The first kappa shape index (κ1) is 78.5. The summed E-state index contributed by atoms with van der Waals surface area (Å²) in [5, 5.41) is 16.7. The number of hydrogen-bond acceptors (Lipinski definition) is 6. The van der Waals surface area contributed by atoms with Crippen LogP contribution < -0.4 is 0 Å². The molecule has 0 unspecified atom stereocenters. The summed E-state index contributed by atoms with van der Waals surface area (Å²) < 4.78 is 13.7. The Balaban J connectivity index is 0.000000106. The lowest BCUT2D eigenvalue weighted by Gasteiger charge is -2.11. The van der Waals surface area contributed by atoms with Crippen LogP contribution >= 0.6 is 0 Å². The minimum absolute atomic E-state index is 0.570. The molecule has 136 heavy (non-hydrogen) atoms. The van der Waals surface area contributed by atoms with Crippen molar-refractivity contribution in [3.63, 3.8) is 0 Å². The van der Waals surface area contributed by atoms with Crippen molar-refractivity contribution in [3.8, 4) is 102 Å². The van der Waals surface area contributed by atoms with E-state index < -0.39 is 0 Å². The second-order valence-electron chi connectivity index (χ2n) is 34.6. The normalized spacial score (nSPS) is 11.7. The summed E-state index contributed by atoms with van der Waals surface area (Å²) in [5.41, 5.74) is 29.7. The fourth-order valence-electron chi connectivity index (χ4n) is 20.4. The summed E-state index contributed by atoms with van der Waals surface area (Å²) in [6, 6.07) is 165. The van der Waals surface area contributed by atoms with Gasteiger partial charge in [-0.05, 0) is 172 Å². The maximum atomic E-state index is 5.11. The molecular formula is C124H80N12. The number of aromatic nitrogens is 12. The van der Waals surface area contributed by atoms with Gasteiger partial charge >= 0.3 is 0 Å². The minimum Gasteiger partial charge on any atom is -0.309 e. The maximum absolute atomic E-state index is 5.11. The zero-order chi connectivity index (χ0) is 89.7. The van der Waals surface area contributed by atoms with E-state index in [1.54, 1.807) is 0 Å². The highest BCUT2D eigenvalue weighted by molar-refractivity contribution is 6.16. The first-order valence-corrected chi connectivity index (χ1v) is 45.9. The van der Waals surface area contributed by atoms with E-state index in [4.69, 9.17) is 29.9 Å². The highest BCUT2D eigenvalue weighted by atomic mass is 15.2. The standard InChI is InChI=1S/C44H28N6.C41H27N3.C39H25N3/c1-4-14-29(15-5-1)41-46-42(30-16-6-2-7-17-30)48-44(47-41)50-39-23-13-10-20-34(39)36-25-24-31(27-40(36)50)32-26-37-35-21-11-12-22-38(35)49(43(37)45-28-32)33-18-8-3-9-19-33;1-3-11-28(12-4-1)29-19-22-33(23-20-29)43-38-17-9-7-15-34(38)36-24-21-30(26-40(36)43)31-25-37-35-16-8-10-18-39(35)44(41(37)42-27-31)32-13-5-2-6-14-32;1-2-12-30(13-3-1)42-37-17-9-7-15-33(37)35-23-29(25-40-39(35)42)28-19-21-34-32-14-6-8-16-36(32)41(38(34)24-28)31-20-18-26-10-4-5-11-27(26)22-31/h1-28H;1-27H;1-25H. The first-order valence-electron chi connectivity index (χ1n) is 45.9. The molecule has 0 amide bonds. The SMILES string of the molecule is c1ccc(-c2ccc(-n3c4ccccc4c4ccc(-c5cnc6c(c5)c5ccccc5n6-c5ccccc5)cc43)cc2)cc1.c1ccc(-c2nc(-c3ccccc3)nc(-n3c4ccccc4c4ccc(-c5cnc6c(c5)c5ccccc5n6-c5ccccc5)cc43)n2)cc1.c1ccc(-n2c3ccccc3c3cc(-c4ccc5c6ccccc6n(-c6ccc7ccccc7c6)c5c4)cnc32)cc1. The second-order valence-corrected chi connectivity index (χ2v) is 34.6. The predicted octanol–water partition coefficient (Wildman–Crippen LogP) is 31.2. The van der Waals surface area contributed by atoms with Crippen LogP contribution in [0.2, 0.25) is 0 Å². The molecule has 12 nitrogen and oxygen atoms in total. The molecule has 636 valence electrons. The van der Waals surface area contributed by atoms with Crippen LogP contribution in [0, 0.1) is 0 Å². The lowest BCUT2D eigenvalue weighted by molar-refractivity contribution is 0.953. The average Bonchev–Trinajstić information content (AvgIpc) is 1.58. The van der Waals surface area contributed by atoms with Crippen LogP contribution in [0.15, 0.2) is 486 Å². The van der Waals surface area contributed by atoms with Crippen molar-refractivity contribution in [1.29, 1.82) is 0 Å². The van der Waals surface area contributed by atoms with Crippen molar-refractivity contribution in [3.05, 3.63) is 486 Å². The van der Waals surface area contributed by atoms with Crippen LogP contribution in [0.5, 0.6) is 0 Å². The van der Waals surface area contributed by atoms with E-state index in [0.29, 0.717) is 17.6 Å². The van der Waals surface area contributed by atoms with Gasteiger partial charge in [-0.1, -0.05) is 334 Å². The fourth-order valence-corrected chi connectivity index (χ4v) is 20.4. The van der Waals surface area contributed by atoms with Crippen molar-refractivity contribution >= 4 is 142 Å². The van der Waals surface area contributed by atoms with Crippen molar-refractivity contribution < 1.29 is 0 Å². The molecule has 28 aromatic rings. The van der Waals surface area contributed by atoms with E-state index in [9.17, 15) is 0 Å². The highest BCUT2D eigenvalue weighted by Gasteiger charge is 2.25. The molecule has 10 heterocycles. The van der Waals surface area contributed by atoms with Gasteiger partial charge in [-0.2, -0.15) is 9.97 Å².